The third-order valence-corrected chi connectivity index (χ3v) is 2.62. The number of imide groups is 1. The van der Waals surface area contributed by atoms with Crippen molar-refractivity contribution in [3.63, 3.8) is 0 Å². The molecule has 1 rings (SSSR count). The molecule has 3 heteroatoms. The number of unbranched alkanes of at least 4 members (excludes halogenated alkanes) is 2. The van der Waals surface area contributed by atoms with Crippen LogP contribution in [-0.4, -0.2) is 23.3 Å². The van der Waals surface area contributed by atoms with Crippen LogP contribution in [-0.2, 0) is 9.59 Å². The second-order valence-electron chi connectivity index (χ2n) is 3.92. The van der Waals surface area contributed by atoms with E-state index >= 15 is 0 Å². The maximum absolute atomic E-state index is 11.8. The van der Waals surface area contributed by atoms with Gasteiger partial charge in [0.1, 0.15) is 0 Å². The zero-order valence-electron chi connectivity index (χ0n) is 9.58. The molecule has 0 aliphatic carbocycles. The molecule has 0 aromatic rings. The minimum absolute atomic E-state index is 0.0677. The summed E-state index contributed by atoms with van der Waals surface area (Å²) in [5, 5.41) is 0. The third kappa shape index (κ3) is 2.91. The van der Waals surface area contributed by atoms with Crippen molar-refractivity contribution in [3.8, 4) is 0 Å². The molecule has 1 heterocycles. The van der Waals surface area contributed by atoms with Crippen molar-refractivity contribution in [1.29, 1.82) is 0 Å². The van der Waals surface area contributed by atoms with Gasteiger partial charge >= 0.3 is 0 Å². The lowest BCUT2D eigenvalue weighted by atomic mass is 10.1. The SMILES string of the molecule is CCCCC1=CC(=O)N(CCCC)C1=O. The lowest BCUT2D eigenvalue weighted by molar-refractivity contribution is -0.137. The van der Waals surface area contributed by atoms with Gasteiger partial charge in [-0.15, -0.1) is 0 Å². The molecule has 3 nitrogen and oxygen atoms in total. The van der Waals surface area contributed by atoms with Gasteiger partial charge < -0.3 is 0 Å². The molecule has 0 saturated heterocycles. The molecule has 0 fully saturated rings. The zero-order chi connectivity index (χ0) is 11.3. The number of nitrogens with zero attached hydrogens (tertiary/aromatic N) is 1. The summed E-state index contributed by atoms with van der Waals surface area (Å²) in [5.74, 6) is -0.193. The molecule has 0 radical (unpaired) electrons. The molecule has 0 N–H and O–H groups in total. The highest BCUT2D eigenvalue weighted by atomic mass is 16.2. The van der Waals surface area contributed by atoms with Crippen LogP contribution in [0, 0.1) is 0 Å². The van der Waals surface area contributed by atoms with Crippen molar-refractivity contribution >= 4 is 11.8 Å². The molecule has 84 valence electrons. The van der Waals surface area contributed by atoms with Crippen LogP contribution >= 0.6 is 0 Å². The van der Waals surface area contributed by atoms with Gasteiger partial charge in [0, 0.05) is 18.2 Å². The smallest absolute Gasteiger partial charge is 0.256 e. The first-order valence-electron chi connectivity index (χ1n) is 5.77. The van der Waals surface area contributed by atoms with E-state index in [0.717, 1.165) is 32.1 Å². The van der Waals surface area contributed by atoms with E-state index in [0.29, 0.717) is 12.1 Å². The fourth-order valence-electron chi connectivity index (χ4n) is 1.64. The van der Waals surface area contributed by atoms with Gasteiger partial charge in [0.25, 0.3) is 11.8 Å². The Bertz CT molecular complexity index is 281. The molecule has 0 bridgehead atoms. The summed E-state index contributed by atoms with van der Waals surface area (Å²) >= 11 is 0. The molecule has 0 aromatic heterocycles. The van der Waals surface area contributed by atoms with Gasteiger partial charge in [0.05, 0.1) is 0 Å². The van der Waals surface area contributed by atoms with Gasteiger partial charge in [-0.25, -0.2) is 0 Å². The first-order valence-corrected chi connectivity index (χ1v) is 5.77. The lowest BCUT2D eigenvalue weighted by Crippen LogP contribution is -2.31. The van der Waals surface area contributed by atoms with Crippen molar-refractivity contribution in [2.45, 2.75) is 46.0 Å². The van der Waals surface area contributed by atoms with E-state index in [1.54, 1.807) is 0 Å². The molecular weight excluding hydrogens is 190 g/mol. The van der Waals surface area contributed by atoms with E-state index in [4.69, 9.17) is 0 Å². The van der Waals surface area contributed by atoms with Gasteiger partial charge in [-0.1, -0.05) is 26.7 Å². The molecule has 1 aliphatic heterocycles. The Morgan fingerprint density at radius 3 is 2.40 bits per heavy atom. The lowest BCUT2D eigenvalue weighted by Gasteiger charge is -2.13. The van der Waals surface area contributed by atoms with Gasteiger partial charge in [0.2, 0.25) is 0 Å². The van der Waals surface area contributed by atoms with Crippen molar-refractivity contribution in [3.05, 3.63) is 11.6 Å². The number of carbonyl (C=O) groups excluding carboxylic acids is 2. The monoisotopic (exact) mass is 209 g/mol. The average Bonchev–Trinajstić information content (AvgIpc) is 2.49. The zero-order valence-corrected chi connectivity index (χ0v) is 9.58. The molecule has 1 aliphatic rings. The first kappa shape index (κ1) is 12.0. The Morgan fingerprint density at radius 1 is 1.13 bits per heavy atom. The molecular formula is C12H19NO2. The maximum atomic E-state index is 11.8. The van der Waals surface area contributed by atoms with Crippen molar-refractivity contribution in [2.75, 3.05) is 6.54 Å². The van der Waals surface area contributed by atoms with E-state index in [1.165, 1.54) is 11.0 Å². The van der Waals surface area contributed by atoms with Crippen LogP contribution in [0.5, 0.6) is 0 Å². The second kappa shape index (κ2) is 5.69. The second-order valence-corrected chi connectivity index (χ2v) is 3.92. The summed E-state index contributed by atoms with van der Waals surface area (Å²) in [7, 11) is 0. The van der Waals surface area contributed by atoms with Crippen LogP contribution in [0.4, 0.5) is 0 Å². The standard InChI is InChI=1S/C12H19NO2/c1-3-5-7-10-9-11(14)13(12(10)15)8-6-4-2/h9H,3-8H2,1-2H3. The van der Waals surface area contributed by atoms with Gasteiger partial charge in [-0.2, -0.15) is 0 Å². The summed E-state index contributed by atoms with van der Waals surface area (Å²) in [6, 6.07) is 0. The Kier molecular flexibility index (Phi) is 4.53. The van der Waals surface area contributed by atoms with Crippen LogP contribution in [0.1, 0.15) is 46.0 Å². The van der Waals surface area contributed by atoms with E-state index in [9.17, 15) is 9.59 Å². The highest BCUT2D eigenvalue weighted by Gasteiger charge is 2.29. The van der Waals surface area contributed by atoms with E-state index in [-0.39, 0.29) is 11.8 Å². The van der Waals surface area contributed by atoms with Crippen LogP contribution in [0.25, 0.3) is 0 Å². The fourth-order valence-corrected chi connectivity index (χ4v) is 1.64. The van der Waals surface area contributed by atoms with Crippen LogP contribution in [0.3, 0.4) is 0 Å². The quantitative estimate of drug-likeness (QED) is 0.629. The number of rotatable bonds is 6. The predicted octanol–water partition coefficient (Wildman–Crippen LogP) is 2.27. The number of carbonyl (C=O) groups is 2. The van der Waals surface area contributed by atoms with Crippen molar-refractivity contribution in [1.82, 2.24) is 4.90 Å². The topological polar surface area (TPSA) is 37.4 Å². The minimum atomic E-state index is -0.125. The Balaban J connectivity index is 2.53. The summed E-state index contributed by atoms with van der Waals surface area (Å²) in [6.07, 6.45) is 6.17. The highest BCUT2D eigenvalue weighted by molar-refractivity contribution is 6.16. The summed E-state index contributed by atoms with van der Waals surface area (Å²) in [6.45, 7) is 4.70. The Labute approximate surface area is 91.1 Å². The summed E-state index contributed by atoms with van der Waals surface area (Å²) in [4.78, 5) is 24.6. The van der Waals surface area contributed by atoms with Crippen molar-refractivity contribution in [2.24, 2.45) is 0 Å². The first-order chi connectivity index (χ1) is 7.20. The fraction of sp³-hybridized carbons (Fsp3) is 0.667. The third-order valence-electron chi connectivity index (χ3n) is 2.62. The predicted molar refractivity (Wildman–Crippen MR) is 59.2 cm³/mol. The molecule has 2 amide bonds. The van der Waals surface area contributed by atoms with E-state index in [2.05, 4.69) is 13.8 Å². The van der Waals surface area contributed by atoms with Gasteiger partial charge in [-0.3, -0.25) is 14.5 Å². The molecule has 0 aromatic carbocycles. The highest BCUT2D eigenvalue weighted by Crippen LogP contribution is 2.18. The molecule has 15 heavy (non-hydrogen) atoms. The number of hydrogen-bond donors (Lipinski definition) is 0. The van der Waals surface area contributed by atoms with E-state index < -0.39 is 0 Å². The maximum Gasteiger partial charge on any atom is 0.256 e. The molecule has 0 saturated carbocycles. The molecule has 0 spiro atoms. The largest absolute Gasteiger partial charge is 0.275 e. The minimum Gasteiger partial charge on any atom is -0.275 e. The number of hydrogen-bond acceptors (Lipinski definition) is 2. The normalized spacial score (nSPS) is 16.1. The van der Waals surface area contributed by atoms with E-state index in [1.807, 2.05) is 0 Å². The van der Waals surface area contributed by atoms with Gasteiger partial charge in [-0.05, 0) is 19.3 Å². The molecule has 0 atom stereocenters. The summed E-state index contributed by atoms with van der Waals surface area (Å²) in [5.41, 5.74) is 0.693. The molecule has 0 unspecified atom stereocenters. The van der Waals surface area contributed by atoms with Crippen LogP contribution < -0.4 is 0 Å². The Morgan fingerprint density at radius 2 is 1.80 bits per heavy atom. The summed E-state index contributed by atoms with van der Waals surface area (Å²) < 4.78 is 0. The van der Waals surface area contributed by atoms with Crippen LogP contribution in [0.2, 0.25) is 0 Å². The average molecular weight is 209 g/mol. The van der Waals surface area contributed by atoms with Crippen LogP contribution in [0.15, 0.2) is 11.6 Å². The Hall–Kier alpha value is -1.12. The van der Waals surface area contributed by atoms with Gasteiger partial charge in [0.15, 0.2) is 0 Å². The number of amides is 2. The van der Waals surface area contributed by atoms with Crippen molar-refractivity contribution < 1.29 is 9.59 Å².